The van der Waals surface area contributed by atoms with Crippen LogP contribution in [0.5, 0.6) is 0 Å². The number of halogens is 2. The molecule has 0 aliphatic carbocycles. The highest BCUT2D eigenvalue weighted by atomic mass is 35.5. The quantitative estimate of drug-likeness (QED) is 0.422. The van der Waals surface area contributed by atoms with Gasteiger partial charge in [0.15, 0.2) is 0 Å². The second-order valence-corrected chi connectivity index (χ2v) is 9.02. The van der Waals surface area contributed by atoms with Crippen molar-refractivity contribution in [1.82, 2.24) is 9.88 Å². The molecule has 3 aromatic rings. The highest BCUT2D eigenvalue weighted by Gasteiger charge is 2.26. The van der Waals surface area contributed by atoms with Crippen LogP contribution in [0.1, 0.15) is 54.3 Å². The molecule has 1 aromatic heterocycles. The highest BCUT2D eigenvalue weighted by Crippen LogP contribution is 2.33. The Bertz CT molecular complexity index is 1160. The van der Waals surface area contributed by atoms with E-state index in [0.717, 1.165) is 16.6 Å². The monoisotopic (exact) mass is 490 g/mol. The van der Waals surface area contributed by atoms with E-state index in [1.807, 2.05) is 38.1 Å². The van der Waals surface area contributed by atoms with Gasteiger partial charge in [-0.25, -0.2) is 0 Å². The fourth-order valence-electron chi connectivity index (χ4n) is 3.99. The van der Waals surface area contributed by atoms with Crippen LogP contribution in [0.3, 0.4) is 0 Å². The van der Waals surface area contributed by atoms with Gasteiger partial charge in [-0.05, 0) is 42.2 Å². The third-order valence-corrected chi connectivity index (χ3v) is 6.56. The third kappa shape index (κ3) is 5.18. The lowest BCUT2D eigenvalue weighted by atomic mass is 9.87. The number of fused-ring (bicyclic) bond motifs is 1. The predicted molar refractivity (Wildman–Crippen MR) is 131 cm³/mol. The van der Waals surface area contributed by atoms with Gasteiger partial charge < -0.3 is 19.7 Å². The molecule has 1 amide bonds. The Labute approximate surface area is 203 Å². The molecule has 33 heavy (non-hydrogen) atoms. The van der Waals surface area contributed by atoms with E-state index in [1.165, 1.54) is 0 Å². The SMILES string of the molecule is CCOC(=O)C(c1ccc([C@@H](CO)NC(=O)c2cc3c(Cl)c(Cl)ccc3n2C)cc1)C(C)C. The molecule has 0 fully saturated rings. The molecule has 6 nitrogen and oxygen atoms in total. The van der Waals surface area contributed by atoms with Crippen LogP contribution in [0, 0.1) is 5.92 Å². The maximum atomic E-state index is 13.0. The zero-order valence-corrected chi connectivity index (χ0v) is 20.6. The molecule has 0 saturated heterocycles. The number of aliphatic hydroxyl groups is 1. The summed E-state index contributed by atoms with van der Waals surface area (Å²) in [5.41, 5.74) is 2.72. The summed E-state index contributed by atoms with van der Waals surface area (Å²) >= 11 is 12.4. The summed E-state index contributed by atoms with van der Waals surface area (Å²) in [6.45, 7) is 5.76. The first-order valence-electron chi connectivity index (χ1n) is 10.8. The van der Waals surface area contributed by atoms with Gasteiger partial charge in [-0.3, -0.25) is 9.59 Å². The van der Waals surface area contributed by atoms with Gasteiger partial charge in [0.2, 0.25) is 0 Å². The Morgan fingerprint density at radius 2 is 1.73 bits per heavy atom. The number of aryl methyl sites for hydroxylation is 1. The molecule has 2 atom stereocenters. The summed E-state index contributed by atoms with van der Waals surface area (Å²) in [6.07, 6.45) is 0. The van der Waals surface area contributed by atoms with E-state index in [1.54, 1.807) is 36.7 Å². The Kier molecular flexibility index (Phi) is 8.05. The van der Waals surface area contributed by atoms with Crippen molar-refractivity contribution in [2.24, 2.45) is 13.0 Å². The summed E-state index contributed by atoms with van der Waals surface area (Å²) < 4.78 is 6.95. The van der Waals surface area contributed by atoms with Crippen LogP contribution in [0.15, 0.2) is 42.5 Å². The van der Waals surface area contributed by atoms with Gasteiger partial charge in [0, 0.05) is 18.0 Å². The normalized spacial score (nSPS) is 13.2. The molecule has 0 radical (unpaired) electrons. The first kappa shape index (κ1) is 25.1. The standard InChI is InChI=1S/C25H28Cl2N2O4/c1-5-33-25(32)22(14(2)3)16-8-6-15(7-9-16)19(13-30)28-24(31)21-12-17-20(29(21)4)11-10-18(26)23(17)27/h6-12,14,19,22,30H,5,13H2,1-4H3,(H,28,31)/t19-,22?/m1/s1. The van der Waals surface area contributed by atoms with Crippen LogP contribution >= 0.6 is 23.2 Å². The number of hydrogen-bond donors (Lipinski definition) is 2. The van der Waals surface area contributed by atoms with Gasteiger partial charge in [-0.2, -0.15) is 0 Å². The predicted octanol–water partition coefficient (Wildman–Crippen LogP) is 5.25. The van der Waals surface area contributed by atoms with E-state index in [-0.39, 0.29) is 30.3 Å². The first-order valence-corrected chi connectivity index (χ1v) is 11.6. The molecule has 2 N–H and O–H groups in total. The summed E-state index contributed by atoms with van der Waals surface area (Å²) in [4.78, 5) is 25.4. The average molecular weight is 491 g/mol. The molecule has 0 bridgehead atoms. The van der Waals surface area contributed by atoms with E-state index in [2.05, 4.69) is 5.32 Å². The molecule has 0 aliphatic heterocycles. The van der Waals surface area contributed by atoms with Gasteiger partial charge in [0.1, 0.15) is 5.69 Å². The Morgan fingerprint density at radius 1 is 1.09 bits per heavy atom. The molecule has 176 valence electrons. The molecule has 0 aliphatic rings. The third-order valence-electron chi connectivity index (χ3n) is 5.74. The van der Waals surface area contributed by atoms with E-state index >= 15 is 0 Å². The number of carbonyl (C=O) groups is 2. The Morgan fingerprint density at radius 3 is 2.30 bits per heavy atom. The zero-order valence-electron chi connectivity index (χ0n) is 19.1. The molecular weight excluding hydrogens is 463 g/mol. The second kappa shape index (κ2) is 10.6. The molecule has 1 heterocycles. The van der Waals surface area contributed by atoms with Gasteiger partial charge in [0.05, 0.1) is 35.2 Å². The average Bonchev–Trinajstić information content (AvgIpc) is 3.12. The molecule has 0 spiro atoms. The van der Waals surface area contributed by atoms with Crippen LogP contribution in [0.2, 0.25) is 10.0 Å². The number of carbonyl (C=O) groups excluding carboxylic acids is 2. The fraction of sp³-hybridized carbons (Fsp3) is 0.360. The zero-order chi connectivity index (χ0) is 24.3. The van der Waals surface area contributed by atoms with Gasteiger partial charge in [0.25, 0.3) is 5.91 Å². The van der Waals surface area contributed by atoms with Gasteiger partial charge in [-0.15, -0.1) is 0 Å². The van der Waals surface area contributed by atoms with E-state index in [9.17, 15) is 14.7 Å². The molecule has 2 aromatic carbocycles. The molecule has 0 saturated carbocycles. The van der Waals surface area contributed by atoms with Crippen molar-refractivity contribution in [3.63, 3.8) is 0 Å². The summed E-state index contributed by atoms with van der Waals surface area (Å²) in [5.74, 6) is -0.930. The van der Waals surface area contributed by atoms with Crippen molar-refractivity contribution in [3.8, 4) is 0 Å². The Hall–Kier alpha value is -2.54. The van der Waals surface area contributed by atoms with E-state index < -0.39 is 6.04 Å². The summed E-state index contributed by atoms with van der Waals surface area (Å²) in [6, 6.07) is 11.8. The van der Waals surface area contributed by atoms with Crippen molar-refractivity contribution in [2.45, 2.75) is 32.7 Å². The number of nitrogens with one attached hydrogen (secondary N) is 1. The Balaban J connectivity index is 1.83. The lowest BCUT2D eigenvalue weighted by molar-refractivity contribution is -0.146. The van der Waals surface area contributed by atoms with Gasteiger partial charge >= 0.3 is 5.97 Å². The number of ether oxygens (including phenoxy) is 1. The lowest BCUT2D eigenvalue weighted by Gasteiger charge is -2.21. The maximum Gasteiger partial charge on any atom is 0.313 e. The smallest absolute Gasteiger partial charge is 0.313 e. The highest BCUT2D eigenvalue weighted by molar-refractivity contribution is 6.45. The fourth-order valence-corrected chi connectivity index (χ4v) is 4.37. The van der Waals surface area contributed by atoms with Crippen molar-refractivity contribution in [3.05, 3.63) is 69.3 Å². The number of amides is 1. The van der Waals surface area contributed by atoms with Crippen molar-refractivity contribution in [1.29, 1.82) is 0 Å². The van der Waals surface area contributed by atoms with Crippen LogP contribution in [0.4, 0.5) is 0 Å². The number of hydrogen-bond acceptors (Lipinski definition) is 4. The van der Waals surface area contributed by atoms with Crippen molar-refractivity contribution < 1.29 is 19.4 Å². The summed E-state index contributed by atoms with van der Waals surface area (Å²) in [7, 11) is 1.77. The van der Waals surface area contributed by atoms with Crippen LogP contribution in [-0.2, 0) is 16.6 Å². The van der Waals surface area contributed by atoms with E-state index in [4.69, 9.17) is 27.9 Å². The minimum Gasteiger partial charge on any atom is -0.466 e. The largest absolute Gasteiger partial charge is 0.466 e. The number of rotatable bonds is 8. The molecule has 8 heteroatoms. The second-order valence-electron chi connectivity index (χ2n) is 8.23. The molecular formula is C25H28Cl2N2O4. The van der Waals surface area contributed by atoms with E-state index in [0.29, 0.717) is 27.7 Å². The number of nitrogens with zero attached hydrogens (tertiary/aromatic N) is 1. The van der Waals surface area contributed by atoms with Crippen molar-refractivity contribution >= 4 is 46.0 Å². The van der Waals surface area contributed by atoms with Crippen molar-refractivity contribution in [2.75, 3.05) is 13.2 Å². The lowest BCUT2D eigenvalue weighted by Crippen LogP contribution is -2.32. The molecule has 3 rings (SSSR count). The minimum atomic E-state index is -0.622. The topological polar surface area (TPSA) is 80.6 Å². The number of benzene rings is 2. The van der Waals surface area contributed by atoms with Crippen LogP contribution in [-0.4, -0.2) is 34.8 Å². The number of aliphatic hydroxyl groups excluding tert-OH is 1. The number of aromatic nitrogens is 1. The summed E-state index contributed by atoms with van der Waals surface area (Å²) in [5, 5.41) is 14.3. The first-order chi connectivity index (χ1) is 15.7. The van der Waals surface area contributed by atoms with Crippen LogP contribution < -0.4 is 5.32 Å². The van der Waals surface area contributed by atoms with Crippen LogP contribution in [0.25, 0.3) is 10.9 Å². The van der Waals surface area contributed by atoms with Gasteiger partial charge in [-0.1, -0.05) is 61.3 Å². The molecule has 1 unspecified atom stereocenters. The maximum absolute atomic E-state index is 13.0. The number of esters is 1. The minimum absolute atomic E-state index is 0.0649.